The Morgan fingerprint density at radius 2 is 2.07 bits per heavy atom. The Labute approximate surface area is 163 Å². The molecule has 0 unspecified atom stereocenters. The number of rotatable bonds is 4. The van der Waals surface area contributed by atoms with Crippen molar-refractivity contribution in [3.63, 3.8) is 0 Å². The fraction of sp³-hybridized carbons (Fsp3) is 0.350. The molecular formula is C20H22N4O2S. The maximum atomic E-state index is 12.5. The summed E-state index contributed by atoms with van der Waals surface area (Å²) in [5, 5.41) is 7.46. The first-order valence-corrected chi connectivity index (χ1v) is 9.62. The highest BCUT2D eigenvalue weighted by molar-refractivity contribution is 7.80. The SMILES string of the molecule is CN1C(=O)/C(=C/c2cn(CC(=O)NC3CCCC3)c3ccccc23)NC1=S. The molecule has 2 fully saturated rings. The van der Waals surface area contributed by atoms with E-state index in [-0.39, 0.29) is 18.4 Å². The number of carbonyl (C=O) groups excluding carboxylic acids is 2. The second kappa shape index (κ2) is 7.15. The first-order valence-electron chi connectivity index (χ1n) is 9.21. The van der Waals surface area contributed by atoms with E-state index in [1.165, 1.54) is 17.7 Å². The van der Waals surface area contributed by atoms with E-state index < -0.39 is 0 Å². The molecule has 1 aliphatic carbocycles. The van der Waals surface area contributed by atoms with Gasteiger partial charge in [0.05, 0.1) is 0 Å². The molecule has 1 aromatic carbocycles. The summed E-state index contributed by atoms with van der Waals surface area (Å²) in [4.78, 5) is 26.1. The largest absolute Gasteiger partial charge is 0.352 e. The number of nitrogens with zero attached hydrogens (tertiary/aromatic N) is 2. The van der Waals surface area contributed by atoms with E-state index >= 15 is 0 Å². The Kier molecular flexibility index (Phi) is 4.70. The molecule has 0 atom stereocenters. The molecule has 7 heteroatoms. The topological polar surface area (TPSA) is 66.4 Å². The van der Waals surface area contributed by atoms with Crippen molar-refractivity contribution in [1.29, 1.82) is 0 Å². The zero-order chi connectivity index (χ0) is 19.0. The summed E-state index contributed by atoms with van der Waals surface area (Å²) < 4.78 is 1.94. The minimum Gasteiger partial charge on any atom is -0.352 e. The van der Waals surface area contributed by atoms with Gasteiger partial charge in [-0.1, -0.05) is 31.0 Å². The lowest BCUT2D eigenvalue weighted by Gasteiger charge is -2.12. The predicted molar refractivity (Wildman–Crippen MR) is 109 cm³/mol. The summed E-state index contributed by atoms with van der Waals surface area (Å²) in [6, 6.07) is 8.19. The van der Waals surface area contributed by atoms with Crippen molar-refractivity contribution in [2.75, 3.05) is 7.05 Å². The number of nitrogens with one attached hydrogen (secondary N) is 2. The first-order chi connectivity index (χ1) is 13.0. The Hall–Kier alpha value is -2.67. The van der Waals surface area contributed by atoms with Gasteiger partial charge in [-0.05, 0) is 37.2 Å². The average Bonchev–Trinajstić information content (AvgIpc) is 3.33. The van der Waals surface area contributed by atoms with Crippen molar-refractivity contribution < 1.29 is 9.59 Å². The molecule has 1 aliphatic heterocycles. The average molecular weight is 382 g/mol. The zero-order valence-electron chi connectivity index (χ0n) is 15.2. The lowest BCUT2D eigenvalue weighted by Crippen LogP contribution is -2.35. The van der Waals surface area contributed by atoms with Crippen LogP contribution >= 0.6 is 12.2 Å². The number of aromatic nitrogens is 1. The van der Waals surface area contributed by atoms with Crippen LogP contribution in [0.1, 0.15) is 31.2 Å². The second-order valence-electron chi connectivity index (χ2n) is 7.13. The molecule has 6 nitrogen and oxygen atoms in total. The number of benzene rings is 1. The molecule has 4 rings (SSSR count). The number of hydrogen-bond acceptors (Lipinski definition) is 3. The van der Waals surface area contributed by atoms with Gasteiger partial charge in [-0.15, -0.1) is 0 Å². The van der Waals surface area contributed by atoms with Crippen LogP contribution in [0.4, 0.5) is 0 Å². The van der Waals surface area contributed by atoms with E-state index in [0.29, 0.717) is 16.9 Å². The number of likely N-dealkylation sites (N-methyl/N-ethyl adjacent to an activating group) is 1. The Bertz CT molecular complexity index is 956. The van der Waals surface area contributed by atoms with Gasteiger partial charge in [0.2, 0.25) is 5.91 Å². The van der Waals surface area contributed by atoms with Gasteiger partial charge in [-0.2, -0.15) is 0 Å². The van der Waals surface area contributed by atoms with Crippen LogP contribution in [0, 0.1) is 0 Å². The smallest absolute Gasteiger partial charge is 0.276 e. The molecule has 2 N–H and O–H groups in total. The van der Waals surface area contributed by atoms with Crippen LogP contribution in [0.15, 0.2) is 36.2 Å². The van der Waals surface area contributed by atoms with Gasteiger partial charge >= 0.3 is 0 Å². The van der Waals surface area contributed by atoms with Gasteiger partial charge in [-0.3, -0.25) is 14.5 Å². The van der Waals surface area contributed by atoms with Gasteiger partial charge < -0.3 is 15.2 Å². The van der Waals surface area contributed by atoms with Crippen molar-refractivity contribution in [2.24, 2.45) is 0 Å². The summed E-state index contributed by atoms with van der Waals surface area (Å²) in [5.41, 5.74) is 2.29. The highest BCUT2D eigenvalue weighted by Gasteiger charge is 2.27. The van der Waals surface area contributed by atoms with Crippen LogP contribution in [-0.4, -0.2) is 39.5 Å². The maximum absolute atomic E-state index is 12.5. The summed E-state index contributed by atoms with van der Waals surface area (Å²) in [7, 11) is 1.65. The van der Waals surface area contributed by atoms with Crippen LogP contribution < -0.4 is 10.6 Å². The van der Waals surface area contributed by atoms with E-state index in [2.05, 4.69) is 10.6 Å². The standard InChI is InChI=1S/C20H22N4O2S/c1-23-19(26)16(22-20(23)27)10-13-11-24(17-9-5-4-8-15(13)17)12-18(25)21-14-6-2-3-7-14/h4-5,8-11,14H,2-3,6-7,12H2,1H3,(H,21,25)(H,22,27)/b16-10-. The molecule has 0 bridgehead atoms. The van der Waals surface area contributed by atoms with Crippen molar-refractivity contribution in [2.45, 2.75) is 38.3 Å². The van der Waals surface area contributed by atoms with E-state index in [4.69, 9.17) is 12.2 Å². The first kappa shape index (κ1) is 17.7. The van der Waals surface area contributed by atoms with Crippen LogP contribution in [0.5, 0.6) is 0 Å². The number of thiocarbonyl (C=S) groups is 1. The third-order valence-electron chi connectivity index (χ3n) is 5.23. The van der Waals surface area contributed by atoms with Crippen LogP contribution in [0.25, 0.3) is 17.0 Å². The highest BCUT2D eigenvalue weighted by atomic mass is 32.1. The van der Waals surface area contributed by atoms with Crippen molar-refractivity contribution in [3.8, 4) is 0 Å². The minimum atomic E-state index is -0.157. The highest BCUT2D eigenvalue weighted by Crippen LogP contribution is 2.25. The summed E-state index contributed by atoms with van der Waals surface area (Å²) in [6.07, 6.45) is 8.22. The van der Waals surface area contributed by atoms with Gasteiger partial charge in [0, 0.05) is 35.8 Å². The molecular weight excluding hydrogens is 360 g/mol. The minimum absolute atomic E-state index is 0.0258. The Morgan fingerprint density at radius 3 is 2.78 bits per heavy atom. The van der Waals surface area contributed by atoms with Crippen LogP contribution in [0.2, 0.25) is 0 Å². The monoisotopic (exact) mass is 382 g/mol. The van der Waals surface area contributed by atoms with E-state index in [1.807, 2.05) is 35.0 Å². The molecule has 1 aromatic heterocycles. The van der Waals surface area contributed by atoms with Crippen molar-refractivity contribution in [3.05, 3.63) is 41.7 Å². The second-order valence-corrected chi connectivity index (χ2v) is 7.52. The van der Waals surface area contributed by atoms with Gasteiger partial charge in [0.25, 0.3) is 5.91 Å². The van der Waals surface area contributed by atoms with Gasteiger partial charge in [0.15, 0.2) is 5.11 Å². The number of carbonyl (C=O) groups is 2. The van der Waals surface area contributed by atoms with Crippen LogP contribution in [0.3, 0.4) is 0 Å². The normalized spacial score (nSPS) is 19.3. The summed E-state index contributed by atoms with van der Waals surface area (Å²) in [6.45, 7) is 0.264. The number of para-hydroxylation sites is 1. The third-order valence-corrected chi connectivity index (χ3v) is 5.61. The molecule has 1 saturated carbocycles. The Balaban J connectivity index is 1.62. The molecule has 2 amide bonds. The quantitative estimate of drug-likeness (QED) is 0.629. The third kappa shape index (κ3) is 3.47. The molecule has 0 spiro atoms. The lowest BCUT2D eigenvalue weighted by molar-refractivity contribution is -0.122. The van der Waals surface area contributed by atoms with Gasteiger partial charge in [0.1, 0.15) is 12.2 Å². The molecule has 0 radical (unpaired) electrons. The van der Waals surface area contributed by atoms with Gasteiger partial charge in [-0.25, -0.2) is 0 Å². The predicted octanol–water partition coefficient (Wildman–Crippen LogP) is 2.39. The van der Waals surface area contributed by atoms with Crippen molar-refractivity contribution >= 4 is 46.1 Å². The molecule has 1 saturated heterocycles. The Morgan fingerprint density at radius 1 is 1.33 bits per heavy atom. The summed E-state index contributed by atoms with van der Waals surface area (Å²) in [5.74, 6) is -0.131. The lowest BCUT2D eigenvalue weighted by atomic mass is 10.1. The van der Waals surface area contributed by atoms with E-state index in [1.54, 1.807) is 13.1 Å². The maximum Gasteiger partial charge on any atom is 0.276 e. The number of hydrogen-bond donors (Lipinski definition) is 2. The summed E-state index contributed by atoms with van der Waals surface area (Å²) >= 11 is 5.13. The fourth-order valence-corrected chi connectivity index (χ4v) is 3.99. The molecule has 27 heavy (non-hydrogen) atoms. The van der Waals surface area contributed by atoms with E-state index in [0.717, 1.165) is 29.3 Å². The molecule has 2 aliphatic rings. The van der Waals surface area contributed by atoms with E-state index in [9.17, 15) is 9.59 Å². The molecule has 140 valence electrons. The van der Waals surface area contributed by atoms with Crippen molar-refractivity contribution in [1.82, 2.24) is 20.1 Å². The fourth-order valence-electron chi connectivity index (χ4n) is 3.80. The molecule has 2 heterocycles. The number of amides is 2. The zero-order valence-corrected chi connectivity index (χ0v) is 16.0. The van der Waals surface area contributed by atoms with Crippen LogP contribution in [-0.2, 0) is 16.1 Å². The number of fused-ring (bicyclic) bond motifs is 1. The molecule has 2 aromatic rings.